The van der Waals surface area contributed by atoms with Crippen molar-refractivity contribution >= 4 is 15.9 Å². The lowest BCUT2D eigenvalue weighted by atomic mass is 10.2. The first-order valence-electron chi connectivity index (χ1n) is 2.76. The standard InChI is InChI=1S/C7H7Br.CN/c8-6-7-4-2-1-3-5-7;1-2/h1-5H,6H2;/q;-1. The Morgan fingerprint density at radius 3 is 2.00 bits per heavy atom. The number of hydrogen-bond donors (Lipinski definition) is 0. The lowest BCUT2D eigenvalue weighted by molar-refractivity contribution is 1.44. The van der Waals surface area contributed by atoms with Gasteiger partial charge in [-0.1, -0.05) is 46.3 Å². The first-order chi connectivity index (χ1) is 4.93. The molecule has 0 amide bonds. The van der Waals surface area contributed by atoms with Gasteiger partial charge in [0, 0.05) is 5.33 Å². The highest BCUT2D eigenvalue weighted by molar-refractivity contribution is 9.08. The first-order valence-corrected chi connectivity index (χ1v) is 3.88. The van der Waals surface area contributed by atoms with Crippen molar-refractivity contribution in [2.75, 3.05) is 0 Å². The summed E-state index contributed by atoms with van der Waals surface area (Å²) >= 11 is 3.36. The SMILES string of the molecule is BrCc1ccccc1.[C-]#N. The molecule has 0 saturated carbocycles. The smallest absolute Gasteiger partial charge is 0.0283 e. The molecule has 1 rings (SSSR count). The summed E-state index contributed by atoms with van der Waals surface area (Å²) in [5.41, 5.74) is 1.33. The van der Waals surface area contributed by atoms with Gasteiger partial charge < -0.3 is 11.8 Å². The van der Waals surface area contributed by atoms with Crippen LogP contribution in [-0.4, -0.2) is 0 Å². The average molecular weight is 197 g/mol. The number of alkyl halides is 1. The molecule has 0 radical (unpaired) electrons. The summed E-state index contributed by atoms with van der Waals surface area (Å²) in [7, 11) is 0. The van der Waals surface area contributed by atoms with Gasteiger partial charge in [-0.25, -0.2) is 0 Å². The van der Waals surface area contributed by atoms with E-state index in [1.165, 1.54) is 5.56 Å². The Hall–Kier alpha value is -0.810. The van der Waals surface area contributed by atoms with E-state index in [-0.39, 0.29) is 0 Å². The number of rotatable bonds is 1. The number of halogens is 1. The van der Waals surface area contributed by atoms with Crippen molar-refractivity contribution in [1.29, 1.82) is 5.26 Å². The van der Waals surface area contributed by atoms with Crippen LogP contribution in [0.1, 0.15) is 5.56 Å². The fraction of sp³-hybridized carbons (Fsp3) is 0.125. The predicted molar refractivity (Wildman–Crippen MR) is 44.0 cm³/mol. The van der Waals surface area contributed by atoms with Crippen LogP contribution in [0.2, 0.25) is 0 Å². The van der Waals surface area contributed by atoms with Crippen molar-refractivity contribution in [2.45, 2.75) is 5.33 Å². The van der Waals surface area contributed by atoms with E-state index in [1.807, 2.05) is 18.2 Å². The molecule has 1 aromatic rings. The topological polar surface area (TPSA) is 23.8 Å². The molecule has 1 nitrogen and oxygen atoms in total. The second kappa shape index (κ2) is 6.31. The monoisotopic (exact) mass is 196 g/mol. The maximum atomic E-state index is 6.25. The van der Waals surface area contributed by atoms with Crippen molar-refractivity contribution in [1.82, 2.24) is 0 Å². The molecule has 0 saturated heterocycles. The molecule has 2 heteroatoms. The molecule has 0 spiro atoms. The molecular weight excluding hydrogens is 190 g/mol. The number of hydrogen-bond acceptors (Lipinski definition) is 1. The van der Waals surface area contributed by atoms with Crippen LogP contribution >= 0.6 is 15.9 Å². The van der Waals surface area contributed by atoms with Crippen molar-refractivity contribution < 1.29 is 0 Å². The number of benzene rings is 1. The minimum atomic E-state index is 0.952. The van der Waals surface area contributed by atoms with Crippen molar-refractivity contribution in [3.63, 3.8) is 0 Å². The van der Waals surface area contributed by atoms with Crippen LogP contribution < -0.4 is 0 Å². The van der Waals surface area contributed by atoms with Crippen LogP contribution in [0.25, 0.3) is 0 Å². The molecule has 0 atom stereocenters. The van der Waals surface area contributed by atoms with E-state index in [2.05, 4.69) is 28.1 Å². The molecule has 0 heterocycles. The Kier molecular flexibility index (Phi) is 5.80. The van der Waals surface area contributed by atoms with Gasteiger partial charge in [0.25, 0.3) is 0 Å². The average Bonchev–Trinajstić information content (AvgIpc) is 2.10. The minimum absolute atomic E-state index is 0.952. The molecule has 0 fully saturated rings. The van der Waals surface area contributed by atoms with Gasteiger partial charge in [0.15, 0.2) is 0 Å². The summed E-state index contributed by atoms with van der Waals surface area (Å²) in [6.45, 7) is 4.75. The third kappa shape index (κ3) is 3.26. The largest absolute Gasteiger partial charge is 0.512 e. The summed E-state index contributed by atoms with van der Waals surface area (Å²) in [4.78, 5) is 0. The molecule has 0 bridgehead atoms. The highest BCUT2D eigenvalue weighted by atomic mass is 79.9. The Morgan fingerprint density at radius 1 is 1.20 bits per heavy atom. The molecule has 0 N–H and O–H groups in total. The minimum Gasteiger partial charge on any atom is -0.512 e. The van der Waals surface area contributed by atoms with Gasteiger partial charge in [-0.05, 0) is 5.56 Å². The van der Waals surface area contributed by atoms with Crippen LogP contribution in [-0.2, 0) is 5.33 Å². The summed E-state index contributed by atoms with van der Waals surface area (Å²) in [5, 5.41) is 7.20. The van der Waals surface area contributed by atoms with Gasteiger partial charge in [0.05, 0.1) is 0 Å². The third-order valence-corrected chi connectivity index (χ3v) is 1.64. The van der Waals surface area contributed by atoms with E-state index < -0.39 is 0 Å². The zero-order valence-electron chi connectivity index (χ0n) is 5.42. The van der Waals surface area contributed by atoms with Crippen molar-refractivity contribution in [2.24, 2.45) is 0 Å². The van der Waals surface area contributed by atoms with Gasteiger partial charge >= 0.3 is 0 Å². The molecule has 0 unspecified atom stereocenters. The van der Waals surface area contributed by atoms with Crippen molar-refractivity contribution in [3.05, 3.63) is 42.5 Å². The van der Waals surface area contributed by atoms with Gasteiger partial charge in [0.1, 0.15) is 0 Å². The Balaban J connectivity index is 0.000000371. The molecule has 0 aliphatic carbocycles. The third-order valence-electron chi connectivity index (χ3n) is 0.997. The highest BCUT2D eigenvalue weighted by Gasteiger charge is 1.81. The van der Waals surface area contributed by atoms with E-state index in [0.29, 0.717) is 0 Å². The molecule has 1 aromatic carbocycles. The fourth-order valence-corrected chi connectivity index (χ4v) is 0.941. The molecule has 52 valence electrons. The highest BCUT2D eigenvalue weighted by Crippen LogP contribution is 2.02. The van der Waals surface area contributed by atoms with Gasteiger partial charge in [-0.2, -0.15) is 0 Å². The molecule has 0 aliphatic heterocycles. The Morgan fingerprint density at radius 2 is 1.70 bits per heavy atom. The summed E-state index contributed by atoms with van der Waals surface area (Å²) < 4.78 is 0. The van der Waals surface area contributed by atoms with E-state index in [4.69, 9.17) is 11.8 Å². The lowest BCUT2D eigenvalue weighted by Crippen LogP contribution is -1.70. The van der Waals surface area contributed by atoms with Crippen LogP contribution in [0.4, 0.5) is 0 Å². The number of nitrogens with zero attached hydrogens (tertiary/aromatic N) is 1. The van der Waals surface area contributed by atoms with E-state index in [9.17, 15) is 0 Å². The van der Waals surface area contributed by atoms with Crippen molar-refractivity contribution in [3.8, 4) is 0 Å². The van der Waals surface area contributed by atoms with Crippen LogP contribution in [0.5, 0.6) is 0 Å². The second-order valence-electron chi connectivity index (χ2n) is 1.62. The van der Waals surface area contributed by atoms with Gasteiger partial charge in [0.2, 0.25) is 0 Å². The van der Waals surface area contributed by atoms with Gasteiger partial charge in [-0.3, -0.25) is 0 Å². The fourth-order valence-electron chi connectivity index (χ4n) is 0.567. The zero-order valence-corrected chi connectivity index (χ0v) is 7.01. The maximum absolute atomic E-state index is 6.25. The molecule has 0 aromatic heterocycles. The van der Waals surface area contributed by atoms with Crippen LogP contribution in [0.15, 0.2) is 30.3 Å². The molecule has 10 heavy (non-hydrogen) atoms. The van der Waals surface area contributed by atoms with E-state index >= 15 is 0 Å². The summed E-state index contributed by atoms with van der Waals surface area (Å²) in [6.07, 6.45) is 0. The van der Waals surface area contributed by atoms with Crippen LogP contribution in [0, 0.1) is 11.8 Å². The van der Waals surface area contributed by atoms with Gasteiger partial charge in [-0.15, -0.1) is 0 Å². The summed E-state index contributed by atoms with van der Waals surface area (Å²) in [5.74, 6) is 0. The summed E-state index contributed by atoms with van der Waals surface area (Å²) in [6, 6.07) is 10.3. The zero-order chi connectivity index (χ0) is 7.82. The van der Waals surface area contributed by atoms with Crippen LogP contribution in [0.3, 0.4) is 0 Å². The van der Waals surface area contributed by atoms with E-state index in [1.54, 1.807) is 0 Å². The first kappa shape index (κ1) is 9.19. The quantitative estimate of drug-likeness (QED) is 0.501. The molecular formula is C8H7BrN-. The normalized spacial score (nSPS) is 7.50. The van der Waals surface area contributed by atoms with E-state index in [0.717, 1.165) is 5.33 Å². The maximum Gasteiger partial charge on any atom is 0.0283 e. The lowest BCUT2D eigenvalue weighted by Gasteiger charge is -1.88. The Labute approximate surface area is 69.4 Å². The predicted octanol–water partition coefficient (Wildman–Crippen LogP) is 2.68. The second-order valence-corrected chi connectivity index (χ2v) is 2.18. The Bertz CT molecular complexity index is 181. The molecule has 0 aliphatic rings.